The summed E-state index contributed by atoms with van der Waals surface area (Å²) in [7, 11) is 0. The number of hydrogen-bond acceptors (Lipinski definition) is 3. The molecule has 2 aromatic carbocycles. The molecule has 2 rings (SSSR count). The van der Waals surface area contributed by atoms with Gasteiger partial charge in [0.05, 0.1) is 11.3 Å². The number of carbonyl (C=O) groups is 1. The topological polar surface area (TPSA) is 64.9 Å². The minimum atomic E-state index is -4.64. The molecule has 0 aliphatic carbocycles. The van der Waals surface area contributed by atoms with Gasteiger partial charge in [0.2, 0.25) is 0 Å². The van der Waals surface area contributed by atoms with E-state index in [1.807, 2.05) is 12.1 Å². The van der Waals surface area contributed by atoms with Gasteiger partial charge in [-0.3, -0.25) is 4.79 Å². The molecular weight excluding hydrogens is 403 g/mol. The molecule has 0 bridgehead atoms. The highest BCUT2D eigenvalue weighted by atomic mass is 35.5. The van der Waals surface area contributed by atoms with Crippen LogP contribution in [0.1, 0.15) is 30.9 Å². The van der Waals surface area contributed by atoms with Crippen molar-refractivity contribution >= 4 is 28.9 Å². The van der Waals surface area contributed by atoms with Crippen LogP contribution in [0.4, 0.5) is 24.5 Å². The first kappa shape index (κ1) is 22.3. The Bertz CT molecular complexity index is 932. The summed E-state index contributed by atoms with van der Waals surface area (Å²) in [6, 6.07) is 12.0. The van der Waals surface area contributed by atoms with E-state index in [0.717, 1.165) is 43.2 Å². The number of alkyl halides is 3. The SMILES string of the molecule is CCCCc1ccc(NC(=O)/C(C#N)=C\Nc2ccc(Cl)cc2C(F)(F)F)cc1. The molecule has 0 aliphatic heterocycles. The van der Waals surface area contributed by atoms with Gasteiger partial charge in [-0.1, -0.05) is 37.1 Å². The number of unbranched alkanes of at least 4 members (excludes halogenated alkanes) is 1. The number of hydrogen-bond donors (Lipinski definition) is 2. The van der Waals surface area contributed by atoms with Crippen molar-refractivity contribution in [1.29, 1.82) is 5.26 Å². The Morgan fingerprint density at radius 1 is 1.21 bits per heavy atom. The smallest absolute Gasteiger partial charge is 0.360 e. The predicted molar refractivity (Wildman–Crippen MR) is 107 cm³/mol. The standard InChI is InChI=1S/C21H19ClF3N3O/c1-2-3-4-14-5-8-17(9-6-14)28-20(29)15(12-26)13-27-19-10-7-16(22)11-18(19)21(23,24)25/h5-11,13,27H,2-4H2,1H3,(H,28,29)/b15-13-. The number of nitriles is 1. The van der Waals surface area contributed by atoms with Gasteiger partial charge in [-0.15, -0.1) is 0 Å². The van der Waals surface area contributed by atoms with Crippen molar-refractivity contribution in [3.05, 3.63) is 70.4 Å². The largest absolute Gasteiger partial charge is 0.418 e. The van der Waals surface area contributed by atoms with Crippen LogP contribution in [0, 0.1) is 11.3 Å². The number of aryl methyl sites for hydroxylation is 1. The second kappa shape index (κ2) is 9.99. The van der Waals surface area contributed by atoms with Crippen LogP contribution in [0.5, 0.6) is 0 Å². The van der Waals surface area contributed by atoms with E-state index in [1.54, 1.807) is 18.2 Å². The van der Waals surface area contributed by atoms with E-state index in [-0.39, 0.29) is 16.3 Å². The molecule has 2 aromatic rings. The quantitative estimate of drug-likeness (QED) is 0.415. The van der Waals surface area contributed by atoms with Gasteiger partial charge in [0.25, 0.3) is 5.91 Å². The minimum absolute atomic E-state index is 0.0764. The Balaban J connectivity index is 2.12. The summed E-state index contributed by atoms with van der Waals surface area (Å²) in [5, 5.41) is 14.1. The Labute approximate surface area is 172 Å². The van der Waals surface area contributed by atoms with Crippen molar-refractivity contribution in [1.82, 2.24) is 0 Å². The zero-order valence-corrected chi connectivity index (χ0v) is 16.4. The third kappa shape index (κ3) is 6.54. The molecule has 152 valence electrons. The molecular formula is C21H19ClF3N3O. The lowest BCUT2D eigenvalue weighted by molar-refractivity contribution is -0.136. The van der Waals surface area contributed by atoms with E-state index in [9.17, 15) is 23.2 Å². The molecule has 2 N–H and O–H groups in total. The number of carbonyl (C=O) groups excluding carboxylic acids is 1. The first-order valence-electron chi connectivity index (χ1n) is 8.88. The number of nitrogens with zero attached hydrogens (tertiary/aromatic N) is 1. The van der Waals surface area contributed by atoms with E-state index >= 15 is 0 Å². The van der Waals surface area contributed by atoms with Gasteiger partial charge in [0.15, 0.2) is 0 Å². The first-order valence-corrected chi connectivity index (χ1v) is 9.26. The van der Waals surface area contributed by atoms with Crippen molar-refractivity contribution in [2.75, 3.05) is 10.6 Å². The average molecular weight is 422 g/mol. The van der Waals surface area contributed by atoms with Gasteiger partial charge in [0.1, 0.15) is 11.6 Å². The third-order valence-corrected chi connectivity index (χ3v) is 4.29. The Hall–Kier alpha value is -2.98. The highest BCUT2D eigenvalue weighted by molar-refractivity contribution is 6.30. The molecule has 4 nitrogen and oxygen atoms in total. The molecule has 0 fully saturated rings. The fourth-order valence-corrected chi connectivity index (χ4v) is 2.68. The maximum Gasteiger partial charge on any atom is 0.418 e. The van der Waals surface area contributed by atoms with Crippen LogP contribution in [-0.4, -0.2) is 5.91 Å². The molecule has 1 amide bonds. The second-order valence-corrected chi connectivity index (χ2v) is 6.69. The van der Waals surface area contributed by atoms with Crippen molar-refractivity contribution in [2.24, 2.45) is 0 Å². The van der Waals surface area contributed by atoms with Crippen LogP contribution >= 0.6 is 11.6 Å². The highest BCUT2D eigenvalue weighted by Gasteiger charge is 2.33. The summed E-state index contributed by atoms with van der Waals surface area (Å²) in [6.45, 7) is 2.10. The van der Waals surface area contributed by atoms with Crippen LogP contribution in [0.25, 0.3) is 0 Å². The molecule has 0 unspecified atom stereocenters. The van der Waals surface area contributed by atoms with Crippen LogP contribution in [0.2, 0.25) is 5.02 Å². The molecule has 29 heavy (non-hydrogen) atoms. The zero-order chi connectivity index (χ0) is 21.4. The maximum atomic E-state index is 13.1. The van der Waals surface area contributed by atoms with Gasteiger partial charge < -0.3 is 10.6 Å². The number of benzene rings is 2. The number of anilines is 2. The molecule has 0 saturated carbocycles. The van der Waals surface area contributed by atoms with Crippen molar-refractivity contribution in [3.8, 4) is 6.07 Å². The third-order valence-electron chi connectivity index (χ3n) is 4.05. The fraction of sp³-hybridized carbons (Fsp3) is 0.238. The fourth-order valence-electron chi connectivity index (χ4n) is 2.51. The lowest BCUT2D eigenvalue weighted by atomic mass is 10.1. The van der Waals surface area contributed by atoms with E-state index in [0.29, 0.717) is 5.69 Å². The van der Waals surface area contributed by atoms with E-state index in [2.05, 4.69) is 17.6 Å². The van der Waals surface area contributed by atoms with E-state index < -0.39 is 17.6 Å². The van der Waals surface area contributed by atoms with Crippen LogP contribution in [0.15, 0.2) is 54.2 Å². The lowest BCUT2D eigenvalue weighted by Crippen LogP contribution is -2.15. The summed E-state index contributed by atoms with van der Waals surface area (Å²) in [5.74, 6) is -0.733. The number of halogens is 4. The number of nitrogens with one attached hydrogen (secondary N) is 2. The number of rotatable bonds is 7. The summed E-state index contributed by atoms with van der Waals surface area (Å²) in [4.78, 5) is 12.3. The number of amides is 1. The summed E-state index contributed by atoms with van der Waals surface area (Å²) >= 11 is 5.63. The van der Waals surface area contributed by atoms with Crippen molar-refractivity contribution in [2.45, 2.75) is 32.4 Å². The monoisotopic (exact) mass is 421 g/mol. The Morgan fingerprint density at radius 3 is 2.48 bits per heavy atom. The van der Waals surface area contributed by atoms with E-state index in [1.165, 1.54) is 6.07 Å². The molecule has 0 radical (unpaired) electrons. The maximum absolute atomic E-state index is 13.1. The average Bonchev–Trinajstić information content (AvgIpc) is 2.68. The van der Waals surface area contributed by atoms with E-state index in [4.69, 9.17) is 11.6 Å². The first-order chi connectivity index (χ1) is 13.7. The van der Waals surface area contributed by atoms with Gasteiger partial charge >= 0.3 is 6.18 Å². The molecule has 0 aromatic heterocycles. The zero-order valence-electron chi connectivity index (χ0n) is 15.6. The predicted octanol–water partition coefficient (Wildman–Crippen LogP) is 6.16. The van der Waals surface area contributed by atoms with Crippen molar-refractivity contribution in [3.63, 3.8) is 0 Å². The Morgan fingerprint density at radius 2 is 1.90 bits per heavy atom. The van der Waals surface area contributed by atoms with Gasteiger partial charge in [0, 0.05) is 16.9 Å². The van der Waals surface area contributed by atoms with Gasteiger partial charge in [-0.05, 0) is 48.7 Å². The van der Waals surface area contributed by atoms with Gasteiger partial charge in [-0.25, -0.2) is 0 Å². The molecule has 0 atom stereocenters. The van der Waals surface area contributed by atoms with Gasteiger partial charge in [-0.2, -0.15) is 18.4 Å². The second-order valence-electron chi connectivity index (χ2n) is 6.26. The summed E-state index contributed by atoms with van der Waals surface area (Å²) < 4.78 is 39.4. The van der Waals surface area contributed by atoms with Crippen LogP contribution < -0.4 is 10.6 Å². The molecule has 0 aliphatic rings. The van der Waals surface area contributed by atoms with Crippen LogP contribution in [0.3, 0.4) is 0 Å². The lowest BCUT2D eigenvalue weighted by Gasteiger charge is -2.13. The normalized spacial score (nSPS) is 11.7. The molecule has 8 heteroatoms. The molecule has 0 heterocycles. The highest BCUT2D eigenvalue weighted by Crippen LogP contribution is 2.36. The summed E-state index contributed by atoms with van der Waals surface area (Å²) in [6.07, 6.45) is -0.644. The summed E-state index contributed by atoms with van der Waals surface area (Å²) in [5.41, 5.74) is -0.0728. The minimum Gasteiger partial charge on any atom is -0.360 e. The Kier molecular flexibility index (Phi) is 7.68. The molecule has 0 saturated heterocycles. The molecule has 0 spiro atoms. The van der Waals surface area contributed by atoms with Crippen LogP contribution in [-0.2, 0) is 17.4 Å². The van der Waals surface area contributed by atoms with Crippen molar-refractivity contribution < 1.29 is 18.0 Å².